The lowest BCUT2D eigenvalue weighted by molar-refractivity contribution is 0.249. The number of nitrogens with zero attached hydrogens (tertiary/aromatic N) is 2. The highest BCUT2D eigenvalue weighted by Crippen LogP contribution is 2.12. The minimum Gasteiger partial charge on any atom is -0.394 e. The molecule has 0 atom stereocenters. The van der Waals surface area contributed by atoms with Gasteiger partial charge in [-0.15, -0.1) is 0 Å². The SMILES string of the molecule is Cn1cc(N)c(NCCNC(N)=O)n1. The number of hydrogen-bond acceptors (Lipinski definition) is 4. The third-order valence-electron chi connectivity index (χ3n) is 1.57. The minimum absolute atomic E-state index is 0.436. The number of carbonyl (C=O) groups excluding carboxylic acids is 1. The van der Waals surface area contributed by atoms with Crippen LogP contribution in [0.25, 0.3) is 0 Å². The fraction of sp³-hybridized carbons (Fsp3) is 0.429. The molecule has 0 aromatic carbocycles. The lowest BCUT2D eigenvalue weighted by atomic mass is 10.5. The Hall–Kier alpha value is -1.92. The van der Waals surface area contributed by atoms with Gasteiger partial charge in [-0.25, -0.2) is 4.79 Å². The summed E-state index contributed by atoms with van der Waals surface area (Å²) in [6.07, 6.45) is 1.70. The number of nitrogens with two attached hydrogens (primary N) is 2. The normalized spacial score (nSPS) is 9.79. The van der Waals surface area contributed by atoms with Crippen LogP contribution in [0.15, 0.2) is 6.20 Å². The van der Waals surface area contributed by atoms with E-state index < -0.39 is 6.03 Å². The first-order valence-corrected chi connectivity index (χ1v) is 4.16. The summed E-state index contributed by atoms with van der Waals surface area (Å²) in [4.78, 5) is 10.3. The molecule has 1 aromatic rings. The van der Waals surface area contributed by atoms with Gasteiger partial charge in [-0.2, -0.15) is 5.10 Å². The van der Waals surface area contributed by atoms with Gasteiger partial charge in [-0.3, -0.25) is 4.68 Å². The smallest absolute Gasteiger partial charge is 0.312 e. The molecule has 1 aromatic heterocycles. The van der Waals surface area contributed by atoms with Crippen molar-refractivity contribution in [2.24, 2.45) is 12.8 Å². The molecule has 0 aliphatic rings. The van der Waals surface area contributed by atoms with E-state index in [4.69, 9.17) is 11.5 Å². The van der Waals surface area contributed by atoms with Crippen molar-refractivity contribution >= 4 is 17.5 Å². The molecule has 0 fully saturated rings. The number of rotatable bonds is 4. The molecular weight excluding hydrogens is 184 g/mol. The number of carbonyl (C=O) groups is 1. The number of anilines is 2. The first-order valence-electron chi connectivity index (χ1n) is 4.16. The second-order valence-corrected chi connectivity index (χ2v) is 2.82. The van der Waals surface area contributed by atoms with E-state index in [1.165, 1.54) is 0 Å². The molecule has 78 valence electrons. The highest BCUT2D eigenvalue weighted by atomic mass is 16.2. The van der Waals surface area contributed by atoms with Crippen LogP contribution in [0.1, 0.15) is 0 Å². The predicted octanol–water partition coefficient (Wildman–Crippen LogP) is -0.917. The van der Waals surface area contributed by atoms with E-state index in [9.17, 15) is 4.79 Å². The highest BCUT2D eigenvalue weighted by Gasteiger charge is 2.02. The van der Waals surface area contributed by atoms with Crippen LogP contribution in [0.3, 0.4) is 0 Å². The van der Waals surface area contributed by atoms with Crippen LogP contribution < -0.4 is 22.1 Å². The van der Waals surface area contributed by atoms with Gasteiger partial charge in [0.25, 0.3) is 0 Å². The Labute approximate surface area is 81.4 Å². The maximum Gasteiger partial charge on any atom is 0.312 e. The lowest BCUT2D eigenvalue weighted by Crippen LogP contribution is -2.33. The molecule has 0 aliphatic carbocycles. The fourth-order valence-electron chi connectivity index (χ4n) is 1.01. The van der Waals surface area contributed by atoms with Crippen LogP contribution in [0, 0.1) is 0 Å². The standard InChI is InChI=1S/C7H14N6O/c1-13-4-5(8)6(12-13)10-2-3-11-7(9)14/h4H,2-3,8H2,1H3,(H,10,12)(H3,9,11,14). The Morgan fingerprint density at radius 3 is 2.86 bits per heavy atom. The van der Waals surface area contributed by atoms with Gasteiger partial charge >= 0.3 is 6.03 Å². The average molecular weight is 198 g/mol. The zero-order chi connectivity index (χ0) is 10.6. The maximum atomic E-state index is 10.3. The van der Waals surface area contributed by atoms with Crippen molar-refractivity contribution in [2.75, 3.05) is 24.1 Å². The summed E-state index contributed by atoms with van der Waals surface area (Å²) < 4.78 is 1.61. The quantitative estimate of drug-likeness (QED) is 0.469. The van der Waals surface area contributed by atoms with E-state index in [-0.39, 0.29) is 0 Å². The summed E-state index contributed by atoms with van der Waals surface area (Å²) in [5.74, 6) is 0.610. The van der Waals surface area contributed by atoms with Gasteiger partial charge in [0.05, 0.1) is 5.69 Å². The maximum absolute atomic E-state index is 10.3. The molecule has 2 amide bonds. The van der Waals surface area contributed by atoms with Crippen molar-refractivity contribution in [3.05, 3.63) is 6.20 Å². The van der Waals surface area contributed by atoms with Gasteiger partial charge in [-0.05, 0) is 0 Å². The van der Waals surface area contributed by atoms with Crippen molar-refractivity contribution in [3.8, 4) is 0 Å². The van der Waals surface area contributed by atoms with E-state index in [2.05, 4.69) is 15.7 Å². The van der Waals surface area contributed by atoms with E-state index in [0.717, 1.165) is 0 Å². The molecule has 0 spiro atoms. The zero-order valence-electron chi connectivity index (χ0n) is 7.95. The average Bonchev–Trinajstić information content (AvgIpc) is 2.39. The largest absolute Gasteiger partial charge is 0.394 e. The van der Waals surface area contributed by atoms with Crippen LogP contribution in [0.5, 0.6) is 0 Å². The number of aromatic nitrogens is 2. The van der Waals surface area contributed by atoms with Crippen LogP contribution in [0.4, 0.5) is 16.3 Å². The first kappa shape index (κ1) is 10.2. The molecule has 0 radical (unpaired) electrons. The van der Waals surface area contributed by atoms with Crippen molar-refractivity contribution in [1.82, 2.24) is 15.1 Å². The van der Waals surface area contributed by atoms with E-state index in [1.807, 2.05) is 0 Å². The number of urea groups is 1. The molecule has 1 rings (SSSR count). The molecule has 1 heterocycles. The number of primary amides is 1. The lowest BCUT2D eigenvalue weighted by Gasteiger charge is -2.03. The zero-order valence-corrected chi connectivity index (χ0v) is 7.95. The predicted molar refractivity (Wildman–Crippen MR) is 53.7 cm³/mol. The summed E-state index contributed by atoms with van der Waals surface area (Å²) in [6, 6.07) is -0.541. The molecule has 0 saturated carbocycles. The molecular formula is C7H14N6O. The number of hydrogen-bond donors (Lipinski definition) is 4. The summed E-state index contributed by atoms with van der Waals surface area (Å²) in [5, 5.41) is 9.47. The molecule has 7 heteroatoms. The minimum atomic E-state index is -0.541. The Bertz CT molecular complexity index is 320. The molecule has 0 bridgehead atoms. The van der Waals surface area contributed by atoms with Crippen LogP contribution in [-0.2, 0) is 7.05 Å². The second kappa shape index (κ2) is 4.35. The van der Waals surface area contributed by atoms with Gasteiger partial charge in [0.15, 0.2) is 5.82 Å². The second-order valence-electron chi connectivity index (χ2n) is 2.82. The van der Waals surface area contributed by atoms with Crippen molar-refractivity contribution in [1.29, 1.82) is 0 Å². The van der Waals surface area contributed by atoms with E-state index >= 15 is 0 Å². The van der Waals surface area contributed by atoms with E-state index in [1.54, 1.807) is 17.9 Å². The van der Waals surface area contributed by atoms with Crippen LogP contribution in [0.2, 0.25) is 0 Å². The van der Waals surface area contributed by atoms with Gasteiger partial charge in [0.2, 0.25) is 0 Å². The fourth-order valence-corrected chi connectivity index (χ4v) is 1.01. The summed E-state index contributed by atoms with van der Waals surface area (Å²) >= 11 is 0. The van der Waals surface area contributed by atoms with E-state index in [0.29, 0.717) is 24.6 Å². The van der Waals surface area contributed by atoms with Crippen molar-refractivity contribution in [3.63, 3.8) is 0 Å². The topological polar surface area (TPSA) is 111 Å². The molecule has 0 aliphatic heterocycles. The van der Waals surface area contributed by atoms with Crippen molar-refractivity contribution in [2.45, 2.75) is 0 Å². The summed E-state index contributed by atoms with van der Waals surface area (Å²) in [7, 11) is 1.78. The van der Waals surface area contributed by atoms with Crippen LogP contribution in [-0.4, -0.2) is 28.9 Å². The molecule has 14 heavy (non-hydrogen) atoms. The number of amides is 2. The van der Waals surface area contributed by atoms with Gasteiger partial charge in [0.1, 0.15) is 0 Å². The summed E-state index contributed by atoms with van der Waals surface area (Å²) in [5.41, 5.74) is 11.1. The summed E-state index contributed by atoms with van der Waals surface area (Å²) in [6.45, 7) is 0.968. The molecule has 7 nitrogen and oxygen atoms in total. The number of aryl methyl sites for hydroxylation is 1. The Morgan fingerprint density at radius 2 is 2.36 bits per heavy atom. The van der Waals surface area contributed by atoms with Crippen LogP contribution >= 0.6 is 0 Å². The van der Waals surface area contributed by atoms with Crippen molar-refractivity contribution < 1.29 is 4.79 Å². The number of nitrogen functional groups attached to an aromatic ring is 1. The number of nitrogens with one attached hydrogen (secondary N) is 2. The monoisotopic (exact) mass is 198 g/mol. The van der Waals surface area contributed by atoms with Gasteiger partial charge in [0, 0.05) is 26.3 Å². The Balaban J connectivity index is 2.31. The third-order valence-corrected chi connectivity index (χ3v) is 1.57. The Kier molecular flexibility index (Phi) is 3.16. The Morgan fingerprint density at radius 1 is 1.64 bits per heavy atom. The highest BCUT2D eigenvalue weighted by molar-refractivity contribution is 5.71. The molecule has 0 saturated heterocycles. The first-order chi connectivity index (χ1) is 6.59. The van der Waals surface area contributed by atoms with Gasteiger partial charge in [-0.1, -0.05) is 0 Å². The third kappa shape index (κ3) is 2.85. The molecule has 0 unspecified atom stereocenters. The van der Waals surface area contributed by atoms with Gasteiger partial charge < -0.3 is 22.1 Å². The molecule has 6 N–H and O–H groups in total.